The molecule has 4 rings (SSSR count). The first-order valence-corrected chi connectivity index (χ1v) is 10.5. The van der Waals surface area contributed by atoms with Gasteiger partial charge in [0.2, 0.25) is 10.0 Å². The molecule has 1 aliphatic carbocycles. The van der Waals surface area contributed by atoms with Crippen molar-refractivity contribution in [3.05, 3.63) is 64.7 Å². The molecule has 2 aliphatic rings. The molecule has 1 heterocycles. The molecule has 0 atom stereocenters. The topological polar surface area (TPSA) is 49.4 Å². The molecule has 0 spiro atoms. The van der Waals surface area contributed by atoms with Gasteiger partial charge in [0, 0.05) is 19.6 Å². The fourth-order valence-electron chi connectivity index (χ4n) is 3.83. The lowest BCUT2D eigenvalue weighted by molar-refractivity contribution is 0.432. The highest BCUT2D eigenvalue weighted by Crippen LogP contribution is 2.27. The van der Waals surface area contributed by atoms with Crippen molar-refractivity contribution in [2.75, 3.05) is 26.2 Å². The number of sulfonamides is 1. The van der Waals surface area contributed by atoms with E-state index in [2.05, 4.69) is 29.6 Å². The van der Waals surface area contributed by atoms with Crippen molar-refractivity contribution in [1.29, 1.82) is 0 Å². The maximum Gasteiger partial charge on any atom is 0.243 e. The summed E-state index contributed by atoms with van der Waals surface area (Å²) in [5.41, 5.74) is 5.11. The van der Waals surface area contributed by atoms with Gasteiger partial charge >= 0.3 is 0 Å². The quantitative estimate of drug-likeness (QED) is 0.899. The minimum atomic E-state index is -3.41. The van der Waals surface area contributed by atoms with Crippen molar-refractivity contribution in [2.24, 2.45) is 0 Å². The summed E-state index contributed by atoms with van der Waals surface area (Å²) in [6, 6.07) is 14.2. The van der Waals surface area contributed by atoms with Gasteiger partial charge in [-0.2, -0.15) is 4.31 Å². The molecular formula is C20H24N2O2S. The molecule has 0 amide bonds. The Hall–Kier alpha value is -1.69. The van der Waals surface area contributed by atoms with E-state index in [1.165, 1.54) is 16.7 Å². The molecule has 132 valence electrons. The normalized spacial score (nSPS) is 18.7. The lowest BCUT2D eigenvalue weighted by atomic mass is 10.0. The maximum absolute atomic E-state index is 13.1. The third kappa shape index (κ3) is 3.36. The second-order valence-corrected chi connectivity index (χ2v) is 8.82. The summed E-state index contributed by atoms with van der Waals surface area (Å²) in [6.07, 6.45) is 3.67. The van der Waals surface area contributed by atoms with Crippen molar-refractivity contribution >= 4 is 10.0 Å². The molecule has 0 radical (unpaired) electrons. The van der Waals surface area contributed by atoms with Gasteiger partial charge in [-0.1, -0.05) is 30.3 Å². The highest BCUT2D eigenvalue weighted by Gasteiger charge is 2.26. The molecule has 1 N–H and O–H groups in total. The fourth-order valence-corrected chi connectivity index (χ4v) is 5.36. The van der Waals surface area contributed by atoms with Crippen LogP contribution in [0.25, 0.3) is 0 Å². The van der Waals surface area contributed by atoms with Crippen molar-refractivity contribution in [3.8, 4) is 0 Å². The average molecular weight is 356 g/mol. The molecule has 1 saturated heterocycles. The highest BCUT2D eigenvalue weighted by molar-refractivity contribution is 7.89. The van der Waals surface area contributed by atoms with E-state index in [1.54, 1.807) is 10.4 Å². The molecule has 0 saturated carbocycles. The first-order valence-electron chi connectivity index (χ1n) is 9.04. The van der Waals surface area contributed by atoms with Gasteiger partial charge in [0.1, 0.15) is 0 Å². The standard InChI is InChI=1S/C20H24N2O2S/c23-25(24,22-12-3-10-21-11-13-22)20-9-8-17-7-6-16-4-1-2-5-18(16)14-19(17)15-20/h1-2,4-5,8-9,15,21H,3,6-7,10-14H2. The van der Waals surface area contributed by atoms with Crippen LogP contribution < -0.4 is 5.32 Å². The van der Waals surface area contributed by atoms with E-state index in [-0.39, 0.29) is 0 Å². The number of hydrogen-bond donors (Lipinski definition) is 1. The van der Waals surface area contributed by atoms with Crippen LogP contribution in [0.3, 0.4) is 0 Å². The SMILES string of the molecule is O=S(=O)(c1ccc2c(c1)Cc1ccccc1CC2)N1CCCNCC1. The summed E-state index contributed by atoms with van der Waals surface area (Å²) in [6.45, 7) is 2.74. The molecule has 0 aromatic heterocycles. The molecule has 25 heavy (non-hydrogen) atoms. The van der Waals surface area contributed by atoms with Crippen LogP contribution in [0.15, 0.2) is 47.4 Å². The molecule has 1 fully saturated rings. The Balaban J connectivity index is 1.68. The third-order valence-corrected chi connectivity index (χ3v) is 7.17. The lowest BCUT2D eigenvalue weighted by Crippen LogP contribution is -2.34. The molecule has 2 aromatic carbocycles. The van der Waals surface area contributed by atoms with Gasteiger partial charge < -0.3 is 5.32 Å². The average Bonchev–Trinajstić information content (AvgIpc) is 3.00. The van der Waals surface area contributed by atoms with Crippen LogP contribution in [0, 0.1) is 0 Å². The molecule has 4 nitrogen and oxygen atoms in total. The zero-order chi connectivity index (χ0) is 17.3. The Morgan fingerprint density at radius 1 is 0.840 bits per heavy atom. The van der Waals surface area contributed by atoms with Crippen LogP contribution >= 0.6 is 0 Å². The number of fused-ring (bicyclic) bond motifs is 2. The minimum absolute atomic E-state index is 0.438. The fraction of sp³-hybridized carbons (Fsp3) is 0.400. The first-order chi connectivity index (χ1) is 12.1. The maximum atomic E-state index is 13.1. The number of benzene rings is 2. The summed E-state index contributed by atoms with van der Waals surface area (Å²) in [7, 11) is -3.41. The first kappa shape index (κ1) is 16.8. The Kier molecular flexibility index (Phi) is 4.63. The predicted molar refractivity (Wildman–Crippen MR) is 99.3 cm³/mol. The Labute approximate surface area is 149 Å². The summed E-state index contributed by atoms with van der Waals surface area (Å²) >= 11 is 0. The second-order valence-electron chi connectivity index (χ2n) is 6.88. The number of aryl methyl sites for hydroxylation is 2. The smallest absolute Gasteiger partial charge is 0.243 e. The number of nitrogens with one attached hydrogen (secondary N) is 1. The van der Waals surface area contributed by atoms with Crippen LogP contribution in [0.4, 0.5) is 0 Å². The Bertz CT molecular complexity index is 869. The van der Waals surface area contributed by atoms with E-state index < -0.39 is 10.0 Å². The zero-order valence-corrected chi connectivity index (χ0v) is 15.2. The summed E-state index contributed by atoms with van der Waals surface area (Å²) in [4.78, 5) is 0.438. The molecule has 2 aromatic rings. The second kappa shape index (κ2) is 6.90. The monoisotopic (exact) mass is 356 g/mol. The molecule has 1 aliphatic heterocycles. The molecule has 0 unspecified atom stereocenters. The molecular weight excluding hydrogens is 332 g/mol. The van der Waals surface area contributed by atoms with E-state index in [0.717, 1.165) is 44.3 Å². The zero-order valence-electron chi connectivity index (χ0n) is 14.4. The van der Waals surface area contributed by atoms with E-state index in [0.29, 0.717) is 18.0 Å². The van der Waals surface area contributed by atoms with Crippen LogP contribution in [0.2, 0.25) is 0 Å². The van der Waals surface area contributed by atoms with Gasteiger partial charge in [0.05, 0.1) is 4.90 Å². The Morgan fingerprint density at radius 3 is 2.44 bits per heavy atom. The molecule has 0 bridgehead atoms. The Morgan fingerprint density at radius 2 is 1.60 bits per heavy atom. The van der Waals surface area contributed by atoms with E-state index >= 15 is 0 Å². The van der Waals surface area contributed by atoms with E-state index in [1.807, 2.05) is 12.1 Å². The summed E-state index contributed by atoms with van der Waals surface area (Å²) in [5.74, 6) is 0. The van der Waals surface area contributed by atoms with E-state index in [4.69, 9.17) is 0 Å². The van der Waals surface area contributed by atoms with Crippen molar-refractivity contribution < 1.29 is 8.42 Å². The largest absolute Gasteiger partial charge is 0.315 e. The minimum Gasteiger partial charge on any atom is -0.315 e. The van der Waals surface area contributed by atoms with Crippen LogP contribution in [-0.2, 0) is 29.3 Å². The summed E-state index contributed by atoms with van der Waals surface area (Å²) in [5, 5.41) is 3.26. The van der Waals surface area contributed by atoms with Gasteiger partial charge in [-0.25, -0.2) is 8.42 Å². The molecule has 5 heteroatoms. The van der Waals surface area contributed by atoms with Gasteiger partial charge in [0.25, 0.3) is 0 Å². The van der Waals surface area contributed by atoms with Gasteiger partial charge in [-0.3, -0.25) is 0 Å². The summed E-state index contributed by atoms with van der Waals surface area (Å²) < 4.78 is 27.7. The van der Waals surface area contributed by atoms with E-state index in [9.17, 15) is 8.42 Å². The number of rotatable bonds is 2. The highest BCUT2D eigenvalue weighted by atomic mass is 32.2. The van der Waals surface area contributed by atoms with Crippen molar-refractivity contribution in [3.63, 3.8) is 0 Å². The lowest BCUT2D eigenvalue weighted by Gasteiger charge is -2.20. The van der Waals surface area contributed by atoms with Crippen molar-refractivity contribution in [2.45, 2.75) is 30.6 Å². The number of nitrogens with zero attached hydrogens (tertiary/aromatic N) is 1. The van der Waals surface area contributed by atoms with Gasteiger partial charge in [0.15, 0.2) is 0 Å². The number of hydrogen-bond acceptors (Lipinski definition) is 3. The van der Waals surface area contributed by atoms with Crippen LogP contribution in [0.5, 0.6) is 0 Å². The van der Waals surface area contributed by atoms with Crippen LogP contribution in [0.1, 0.15) is 28.7 Å². The van der Waals surface area contributed by atoms with Gasteiger partial charge in [-0.05, 0) is 66.6 Å². The third-order valence-electron chi connectivity index (χ3n) is 5.28. The van der Waals surface area contributed by atoms with Gasteiger partial charge in [-0.15, -0.1) is 0 Å². The van der Waals surface area contributed by atoms with Crippen molar-refractivity contribution in [1.82, 2.24) is 9.62 Å². The predicted octanol–water partition coefficient (Wildman–Crippen LogP) is 2.36. The van der Waals surface area contributed by atoms with Crippen LogP contribution in [-0.4, -0.2) is 38.9 Å².